The number of carbonyl (C=O) groups excluding carboxylic acids is 1. The van der Waals surface area contributed by atoms with Gasteiger partial charge in [0.15, 0.2) is 0 Å². The molecule has 1 N–H and O–H groups in total. The molecule has 3 aliphatic rings. The molecule has 0 spiro atoms. The molecule has 4 heteroatoms. The van der Waals surface area contributed by atoms with Crippen LogP contribution < -0.4 is 5.32 Å². The monoisotopic (exact) mass is 359 g/mol. The van der Waals surface area contributed by atoms with Gasteiger partial charge in [-0.1, -0.05) is 36.4 Å². The van der Waals surface area contributed by atoms with Crippen LogP contribution in [0.5, 0.6) is 0 Å². The highest BCUT2D eigenvalue weighted by Gasteiger charge is 2.55. The molecule has 0 unspecified atom stereocenters. The lowest BCUT2D eigenvalue weighted by Gasteiger charge is -2.42. The Labute approximate surface area is 159 Å². The van der Waals surface area contributed by atoms with Gasteiger partial charge in [0.25, 0.3) is 5.91 Å². The first-order valence-electron chi connectivity index (χ1n) is 9.75. The Morgan fingerprint density at radius 3 is 2.78 bits per heavy atom. The van der Waals surface area contributed by atoms with Gasteiger partial charge >= 0.3 is 0 Å². The van der Waals surface area contributed by atoms with Crippen LogP contribution in [-0.4, -0.2) is 34.0 Å². The number of nitrogens with zero attached hydrogens (tertiary/aromatic N) is 2. The lowest BCUT2D eigenvalue weighted by molar-refractivity contribution is 0.0798. The first-order chi connectivity index (χ1) is 13.1. The van der Waals surface area contributed by atoms with Crippen molar-refractivity contribution in [2.24, 2.45) is 13.0 Å². The van der Waals surface area contributed by atoms with Crippen molar-refractivity contribution in [2.45, 2.75) is 24.9 Å². The second-order valence-electron chi connectivity index (χ2n) is 8.25. The van der Waals surface area contributed by atoms with E-state index in [0.717, 1.165) is 36.6 Å². The number of hydrogen-bond acceptors (Lipinski definition) is 2. The van der Waals surface area contributed by atoms with Crippen LogP contribution in [0.4, 0.5) is 0 Å². The number of aromatic nitrogens is 1. The summed E-state index contributed by atoms with van der Waals surface area (Å²) in [6.07, 6.45) is 4.44. The van der Waals surface area contributed by atoms with Crippen molar-refractivity contribution >= 4 is 16.8 Å². The van der Waals surface area contributed by atoms with Crippen molar-refractivity contribution in [3.63, 3.8) is 0 Å². The van der Waals surface area contributed by atoms with Gasteiger partial charge in [0.05, 0.1) is 0 Å². The van der Waals surface area contributed by atoms with Crippen LogP contribution in [-0.2, 0) is 13.6 Å². The van der Waals surface area contributed by atoms with E-state index in [0.29, 0.717) is 0 Å². The van der Waals surface area contributed by atoms with Crippen LogP contribution in [0.25, 0.3) is 10.9 Å². The second kappa shape index (κ2) is 6.24. The molecular formula is C23H25N3O. The standard InChI is InChI=1S/C23H25N3O/c1-25-10-9-19-7-8-20(11-21(19)25)22(27)24-16-23-12-18(13-23)15-26(23)14-17-5-3-2-4-6-17/h2-11,18H,12-16H2,1H3,(H,24,27). The van der Waals surface area contributed by atoms with E-state index < -0.39 is 0 Å². The Morgan fingerprint density at radius 2 is 1.96 bits per heavy atom. The van der Waals surface area contributed by atoms with Gasteiger partial charge in [-0.3, -0.25) is 9.69 Å². The fraction of sp³-hybridized carbons (Fsp3) is 0.348. The van der Waals surface area contributed by atoms with E-state index in [1.807, 2.05) is 31.4 Å². The van der Waals surface area contributed by atoms with Crippen molar-refractivity contribution in [1.29, 1.82) is 0 Å². The molecule has 4 nitrogen and oxygen atoms in total. The molecule has 2 saturated heterocycles. The first-order valence-corrected chi connectivity index (χ1v) is 9.75. The van der Waals surface area contributed by atoms with Crippen LogP contribution >= 0.6 is 0 Å². The van der Waals surface area contributed by atoms with Gasteiger partial charge in [-0.15, -0.1) is 0 Å². The second-order valence-corrected chi connectivity index (χ2v) is 8.25. The van der Waals surface area contributed by atoms with Crippen LogP contribution in [0, 0.1) is 5.92 Å². The number of rotatable bonds is 5. The molecule has 27 heavy (non-hydrogen) atoms. The van der Waals surface area contributed by atoms with Gasteiger partial charge in [-0.25, -0.2) is 0 Å². The molecule has 0 atom stereocenters. The molecule has 2 bridgehead atoms. The van der Waals surface area contributed by atoms with Crippen molar-refractivity contribution in [3.8, 4) is 0 Å². The molecule has 1 aromatic heterocycles. The average Bonchev–Trinajstić information content (AvgIpc) is 3.31. The summed E-state index contributed by atoms with van der Waals surface area (Å²) in [6, 6.07) is 18.7. The minimum absolute atomic E-state index is 0.0301. The Bertz CT molecular complexity index is 985. The number of hydrogen-bond donors (Lipinski definition) is 1. The SMILES string of the molecule is Cn1ccc2ccc(C(=O)NCC34CC(CN3Cc3ccccc3)C4)cc21. The zero-order chi connectivity index (χ0) is 18.4. The van der Waals surface area contributed by atoms with E-state index in [4.69, 9.17) is 0 Å². The minimum Gasteiger partial charge on any atom is -0.351 e. The molecule has 0 radical (unpaired) electrons. The summed E-state index contributed by atoms with van der Waals surface area (Å²) in [7, 11) is 2.01. The van der Waals surface area contributed by atoms with Gasteiger partial charge in [0.1, 0.15) is 0 Å². The summed E-state index contributed by atoms with van der Waals surface area (Å²) in [4.78, 5) is 15.3. The van der Waals surface area contributed by atoms with Crippen LogP contribution in [0.2, 0.25) is 0 Å². The number of amides is 1. The predicted octanol–water partition coefficient (Wildman–Crippen LogP) is 3.57. The fourth-order valence-electron chi connectivity index (χ4n) is 4.95. The van der Waals surface area contributed by atoms with Gasteiger partial charge < -0.3 is 9.88 Å². The summed E-state index contributed by atoms with van der Waals surface area (Å²) >= 11 is 0. The van der Waals surface area contributed by atoms with Gasteiger partial charge in [-0.2, -0.15) is 0 Å². The molecule has 2 aromatic carbocycles. The zero-order valence-corrected chi connectivity index (χ0v) is 15.7. The third kappa shape index (κ3) is 2.85. The largest absolute Gasteiger partial charge is 0.351 e. The molecule has 138 valence electrons. The quantitative estimate of drug-likeness (QED) is 0.756. The van der Waals surface area contributed by atoms with Gasteiger partial charge in [0, 0.05) is 49.5 Å². The molecule has 1 amide bonds. The van der Waals surface area contributed by atoms with Gasteiger partial charge in [0.2, 0.25) is 0 Å². The number of fused-ring (bicyclic) bond motifs is 2. The summed E-state index contributed by atoms with van der Waals surface area (Å²) in [5, 5.41) is 4.39. The number of nitrogens with one attached hydrogen (secondary N) is 1. The summed E-state index contributed by atoms with van der Waals surface area (Å²) < 4.78 is 2.06. The van der Waals surface area contributed by atoms with Gasteiger partial charge in [-0.05, 0) is 47.9 Å². The lowest BCUT2D eigenvalue weighted by atomic mass is 9.73. The third-order valence-electron chi connectivity index (χ3n) is 6.43. The lowest BCUT2D eigenvalue weighted by Crippen LogP contribution is -2.53. The number of benzene rings is 2. The zero-order valence-electron chi connectivity index (χ0n) is 15.7. The van der Waals surface area contributed by atoms with E-state index in [1.54, 1.807) is 0 Å². The smallest absolute Gasteiger partial charge is 0.251 e. The predicted molar refractivity (Wildman–Crippen MR) is 108 cm³/mol. The Balaban J connectivity index is 1.28. The average molecular weight is 359 g/mol. The first kappa shape index (κ1) is 16.6. The van der Waals surface area contributed by atoms with Crippen molar-refractivity contribution < 1.29 is 4.79 Å². The Morgan fingerprint density at radius 1 is 1.15 bits per heavy atom. The molecule has 3 aromatic rings. The van der Waals surface area contributed by atoms with E-state index in [-0.39, 0.29) is 11.4 Å². The van der Waals surface area contributed by atoms with Crippen LogP contribution in [0.1, 0.15) is 28.8 Å². The normalized spacial score (nSPS) is 24.1. The molecule has 2 aliphatic heterocycles. The molecule has 3 fully saturated rings. The number of aryl methyl sites for hydroxylation is 1. The van der Waals surface area contributed by atoms with Crippen LogP contribution in [0.3, 0.4) is 0 Å². The highest BCUT2D eigenvalue weighted by atomic mass is 16.1. The van der Waals surface area contributed by atoms with E-state index in [2.05, 4.69) is 51.2 Å². The highest BCUT2D eigenvalue weighted by Crippen LogP contribution is 2.50. The maximum atomic E-state index is 12.8. The maximum absolute atomic E-state index is 12.8. The topological polar surface area (TPSA) is 37.3 Å². The molecule has 1 aliphatic carbocycles. The van der Waals surface area contributed by atoms with Crippen LogP contribution in [0.15, 0.2) is 60.8 Å². The summed E-state index contributed by atoms with van der Waals surface area (Å²) in [6.45, 7) is 2.86. The molecular weight excluding hydrogens is 334 g/mol. The molecule has 6 rings (SSSR count). The van der Waals surface area contributed by atoms with Crippen molar-refractivity contribution in [3.05, 3.63) is 71.9 Å². The van der Waals surface area contributed by atoms with Crippen molar-refractivity contribution in [2.75, 3.05) is 13.1 Å². The Kier molecular flexibility index (Phi) is 3.83. The third-order valence-corrected chi connectivity index (χ3v) is 6.43. The van der Waals surface area contributed by atoms with E-state index >= 15 is 0 Å². The maximum Gasteiger partial charge on any atom is 0.251 e. The van der Waals surface area contributed by atoms with E-state index in [1.165, 1.54) is 23.8 Å². The minimum atomic E-state index is 0.0301. The molecule has 3 heterocycles. The van der Waals surface area contributed by atoms with Crippen molar-refractivity contribution in [1.82, 2.24) is 14.8 Å². The van der Waals surface area contributed by atoms with E-state index in [9.17, 15) is 4.79 Å². The fourth-order valence-corrected chi connectivity index (χ4v) is 4.95. The molecule has 1 saturated carbocycles. The highest BCUT2D eigenvalue weighted by molar-refractivity contribution is 5.98. The Hall–Kier alpha value is -2.59. The number of carbonyl (C=O) groups is 1. The summed E-state index contributed by atoms with van der Waals surface area (Å²) in [5.74, 6) is 0.827. The summed E-state index contributed by atoms with van der Waals surface area (Å²) in [5.41, 5.74) is 3.33.